The van der Waals surface area contributed by atoms with Crippen LogP contribution in [-0.2, 0) is 14.3 Å². The molecule has 2 rings (SSSR count). The van der Waals surface area contributed by atoms with E-state index in [1.165, 1.54) is 6.08 Å². The minimum atomic E-state index is -0.327. The Morgan fingerprint density at radius 2 is 2.29 bits per heavy atom. The molecule has 0 N–H and O–H groups in total. The summed E-state index contributed by atoms with van der Waals surface area (Å²) in [7, 11) is 0. The monoisotopic (exact) mass is 232 g/mol. The summed E-state index contributed by atoms with van der Waals surface area (Å²) in [5, 5.41) is 0. The van der Waals surface area contributed by atoms with Crippen molar-refractivity contribution in [1.82, 2.24) is 0 Å². The predicted molar refractivity (Wildman–Crippen MR) is 62.2 cm³/mol. The van der Waals surface area contributed by atoms with Gasteiger partial charge in [0.25, 0.3) is 0 Å². The van der Waals surface area contributed by atoms with E-state index in [-0.39, 0.29) is 6.04 Å². The highest BCUT2D eigenvalue weighted by atomic mass is 16.5. The summed E-state index contributed by atoms with van der Waals surface area (Å²) in [5.74, 6) is 0. The van der Waals surface area contributed by atoms with Gasteiger partial charge >= 0.3 is 0 Å². The van der Waals surface area contributed by atoms with Crippen LogP contribution >= 0.6 is 0 Å². The largest absolute Gasteiger partial charge is 0.377 e. The van der Waals surface area contributed by atoms with E-state index in [0.717, 1.165) is 12.0 Å². The molecule has 88 valence electrons. The van der Waals surface area contributed by atoms with Gasteiger partial charge < -0.3 is 14.4 Å². The van der Waals surface area contributed by atoms with E-state index in [2.05, 4.69) is 4.99 Å². The molecule has 1 fully saturated rings. The fourth-order valence-corrected chi connectivity index (χ4v) is 1.89. The number of aldehydes is 1. The Morgan fingerprint density at radius 3 is 3.06 bits per heavy atom. The molecule has 5 nitrogen and oxygen atoms in total. The lowest BCUT2D eigenvalue weighted by molar-refractivity contribution is -0.110. The van der Waals surface area contributed by atoms with Gasteiger partial charge in [-0.3, -0.25) is 0 Å². The van der Waals surface area contributed by atoms with Crippen LogP contribution in [0.5, 0.6) is 0 Å². The van der Waals surface area contributed by atoms with Gasteiger partial charge in [0.05, 0.1) is 24.6 Å². The van der Waals surface area contributed by atoms with Crippen molar-refractivity contribution in [3.05, 3.63) is 24.3 Å². The molecule has 5 heteroatoms. The molecule has 0 saturated carbocycles. The van der Waals surface area contributed by atoms with Crippen LogP contribution in [0.3, 0.4) is 0 Å². The number of aliphatic imine (C=N–C) groups is 1. The molecular weight excluding hydrogens is 220 g/mol. The summed E-state index contributed by atoms with van der Waals surface area (Å²) in [6.07, 6.45) is 2.37. The molecule has 0 amide bonds. The van der Waals surface area contributed by atoms with Crippen molar-refractivity contribution < 1.29 is 14.3 Å². The highest BCUT2D eigenvalue weighted by Crippen LogP contribution is 2.29. The smallest absolute Gasteiger partial charge is 0.240 e. The third-order valence-corrected chi connectivity index (χ3v) is 2.68. The average molecular weight is 232 g/mol. The minimum Gasteiger partial charge on any atom is -0.377 e. The number of carbonyl (C=O) groups is 1. The lowest BCUT2D eigenvalue weighted by Gasteiger charge is -2.34. The summed E-state index contributed by atoms with van der Waals surface area (Å²) in [4.78, 5) is 26.9. The molecule has 1 unspecified atom stereocenters. The van der Waals surface area contributed by atoms with Crippen molar-refractivity contribution in [2.75, 3.05) is 24.7 Å². The zero-order valence-corrected chi connectivity index (χ0v) is 9.20. The second kappa shape index (κ2) is 5.39. The third-order valence-electron chi connectivity index (χ3n) is 2.68. The van der Waals surface area contributed by atoms with E-state index in [9.17, 15) is 9.59 Å². The number of hydrogen-bond donors (Lipinski definition) is 0. The Bertz CT molecular complexity index is 455. The maximum absolute atomic E-state index is 11.0. The number of isocyanates is 1. The van der Waals surface area contributed by atoms with Gasteiger partial charge in [-0.05, 0) is 12.1 Å². The summed E-state index contributed by atoms with van der Waals surface area (Å²) in [6.45, 7) is 1.53. The molecule has 1 atom stereocenters. The van der Waals surface area contributed by atoms with Crippen LogP contribution < -0.4 is 4.90 Å². The maximum Gasteiger partial charge on any atom is 0.240 e. The first-order chi connectivity index (χ1) is 8.36. The number of benzene rings is 1. The predicted octanol–water partition coefficient (Wildman–Crippen LogP) is 1.06. The second-order valence-corrected chi connectivity index (χ2v) is 3.66. The Kier molecular flexibility index (Phi) is 3.65. The van der Waals surface area contributed by atoms with Gasteiger partial charge in [-0.1, -0.05) is 12.1 Å². The van der Waals surface area contributed by atoms with Gasteiger partial charge in [-0.2, -0.15) is 4.99 Å². The maximum atomic E-state index is 11.0. The average Bonchev–Trinajstić information content (AvgIpc) is 2.40. The van der Waals surface area contributed by atoms with Crippen LogP contribution in [0.1, 0.15) is 0 Å². The molecule has 17 heavy (non-hydrogen) atoms. The van der Waals surface area contributed by atoms with Crippen LogP contribution in [-0.4, -0.2) is 38.2 Å². The lowest BCUT2D eigenvalue weighted by Crippen LogP contribution is -2.46. The Hall–Kier alpha value is -1.97. The normalized spacial score (nSPS) is 19.5. The molecule has 1 aliphatic rings. The molecule has 1 aliphatic heterocycles. The summed E-state index contributed by atoms with van der Waals surface area (Å²) >= 11 is 0. The molecular formula is C12H12N2O3. The number of carbonyl (C=O) groups excluding carboxylic acids is 2. The number of nitrogens with zero attached hydrogens (tertiary/aromatic N) is 2. The van der Waals surface area contributed by atoms with E-state index in [4.69, 9.17) is 4.74 Å². The first-order valence-electron chi connectivity index (χ1n) is 5.33. The topological polar surface area (TPSA) is 59.0 Å². The van der Waals surface area contributed by atoms with Gasteiger partial charge in [0.1, 0.15) is 12.3 Å². The van der Waals surface area contributed by atoms with Crippen LogP contribution in [0.25, 0.3) is 0 Å². The van der Waals surface area contributed by atoms with Crippen LogP contribution in [0.4, 0.5) is 11.4 Å². The van der Waals surface area contributed by atoms with Crippen molar-refractivity contribution >= 4 is 23.7 Å². The van der Waals surface area contributed by atoms with Gasteiger partial charge in [0, 0.05) is 6.54 Å². The fourth-order valence-electron chi connectivity index (χ4n) is 1.89. The molecule has 1 aromatic carbocycles. The molecule has 1 aromatic rings. The number of para-hydroxylation sites is 2. The molecule has 0 spiro atoms. The van der Waals surface area contributed by atoms with Crippen LogP contribution in [0.15, 0.2) is 29.3 Å². The Balaban J connectivity index is 2.37. The Morgan fingerprint density at radius 1 is 1.47 bits per heavy atom. The SMILES string of the molecule is O=C=Nc1ccccc1N1CCOCC1C=O. The zero-order valence-electron chi connectivity index (χ0n) is 9.20. The van der Waals surface area contributed by atoms with Crippen LogP contribution in [0, 0.1) is 0 Å². The van der Waals surface area contributed by atoms with E-state index in [0.29, 0.717) is 25.4 Å². The number of hydrogen-bond acceptors (Lipinski definition) is 5. The second-order valence-electron chi connectivity index (χ2n) is 3.66. The summed E-state index contributed by atoms with van der Waals surface area (Å²) in [5.41, 5.74) is 1.28. The van der Waals surface area contributed by atoms with Gasteiger partial charge in [0.15, 0.2) is 0 Å². The van der Waals surface area contributed by atoms with Gasteiger partial charge in [0.2, 0.25) is 6.08 Å². The molecule has 0 aromatic heterocycles. The molecule has 0 bridgehead atoms. The third kappa shape index (κ3) is 2.41. The quantitative estimate of drug-likeness (QED) is 0.444. The summed E-state index contributed by atoms with van der Waals surface area (Å²) < 4.78 is 5.24. The Labute approximate surface area is 98.7 Å². The van der Waals surface area contributed by atoms with Crippen molar-refractivity contribution in [2.45, 2.75) is 6.04 Å². The molecule has 0 radical (unpaired) electrons. The van der Waals surface area contributed by atoms with Crippen molar-refractivity contribution in [1.29, 1.82) is 0 Å². The minimum absolute atomic E-state index is 0.327. The summed E-state index contributed by atoms with van der Waals surface area (Å²) in [6, 6.07) is 6.86. The fraction of sp³-hybridized carbons (Fsp3) is 0.333. The highest BCUT2D eigenvalue weighted by Gasteiger charge is 2.24. The van der Waals surface area contributed by atoms with E-state index >= 15 is 0 Å². The first kappa shape index (κ1) is 11.5. The van der Waals surface area contributed by atoms with Gasteiger partial charge in [-0.15, -0.1) is 0 Å². The van der Waals surface area contributed by atoms with E-state index < -0.39 is 0 Å². The lowest BCUT2D eigenvalue weighted by atomic mass is 10.2. The number of morpholine rings is 1. The van der Waals surface area contributed by atoms with Crippen molar-refractivity contribution in [2.24, 2.45) is 4.99 Å². The van der Waals surface area contributed by atoms with Crippen LogP contribution in [0.2, 0.25) is 0 Å². The van der Waals surface area contributed by atoms with Gasteiger partial charge in [-0.25, -0.2) is 4.79 Å². The molecule has 1 heterocycles. The standard InChI is InChI=1S/C12H12N2O3/c15-7-10-8-17-6-5-14(10)12-4-2-1-3-11(12)13-9-16/h1-4,7,10H,5-6,8H2. The first-order valence-corrected chi connectivity index (χ1v) is 5.33. The van der Waals surface area contributed by atoms with Crippen molar-refractivity contribution in [3.63, 3.8) is 0 Å². The number of anilines is 1. The highest BCUT2D eigenvalue weighted by molar-refractivity contribution is 5.75. The number of rotatable bonds is 3. The van der Waals surface area contributed by atoms with Crippen molar-refractivity contribution in [3.8, 4) is 0 Å². The number of ether oxygens (including phenoxy) is 1. The zero-order chi connectivity index (χ0) is 12.1. The molecule has 1 saturated heterocycles. The van der Waals surface area contributed by atoms with E-state index in [1.54, 1.807) is 12.1 Å². The van der Waals surface area contributed by atoms with E-state index in [1.807, 2.05) is 17.0 Å². The molecule has 0 aliphatic carbocycles.